The van der Waals surface area contributed by atoms with Crippen LogP contribution in [0.1, 0.15) is 31.3 Å². The monoisotopic (exact) mass is 182 g/mol. The summed E-state index contributed by atoms with van der Waals surface area (Å²) in [6, 6.07) is 0. The van der Waals surface area contributed by atoms with E-state index in [0.717, 1.165) is 5.69 Å². The van der Waals surface area contributed by atoms with Crippen molar-refractivity contribution >= 4 is 5.97 Å². The smallest absolute Gasteiger partial charge is 0.311 e. The molecule has 72 valence electrons. The van der Waals surface area contributed by atoms with Gasteiger partial charge >= 0.3 is 5.97 Å². The highest BCUT2D eigenvalue weighted by atomic mass is 16.4. The standard InChI is InChI=1S/C9H14N2O2/c1-6(2)7-5-10-8(11(7)3)4-9(12)13/h5-6H,4H2,1-3H3,(H,12,13). The average molecular weight is 182 g/mol. The van der Waals surface area contributed by atoms with E-state index >= 15 is 0 Å². The van der Waals surface area contributed by atoms with E-state index in [0.29, 0.717) is 11.7 Å². The molecule has 1 rings (SSSR count). The molecule has 0 aliphatic heterocycles. The predicted molar refractivity (Wildman–Crippen MR) is 48.6 cm³/mol. The minimum absolute atomic E-state index is 0.0107. The summed E-state index contributed by atoms with van der Waals surface area (Å²) < 4.78 is 1.85. The van der Waals surface area contributed by atoms with Crippen molar-refractivity contribution in [2.75, 3.05) is 0 Å². The Morgan fingerprint density at radius 3 is 2.69 bits per heavy atom. The third kappa shape index (κ3) is 2.08. The number of carboxylic acid groups (broad SMARTS) is 1. The molecule has 0 radical (unpaired) electrons. The molecule has 4 heteroatoms. The van der Waals surface area contributed by atoms with Gasteiger partial charge in [-0.2, -0.15) is 0 Å². The summed E-state index contributed by atoms with van der Waals surface area (Å²) in [7, 11) is 1.85. The summed E-state index contributed by atoms with van der Waals surface area (Å²) in [6.07, 6.45) is 1.73. The molecule has 0 unspecified atom stereocenters. The summed E-state index contributed by atoms with van der Waals surface area (Å²) in [4.78, 5) is 14.5. The fraction of sp³-hybridized carbons (Fsp3) is 0.556. The Balaban J connectivity index is 2.92. The maximum atomic E-state index is 10.4. The van der Waals surface area contributed by atoms with Crippen LogP contribution < -0.4 is 0 Å². The molecule has 1 heterocycles. The topological polar surface area (TPSA) is 55.1 Å². The van der Waals surface area contributed by atoms with Crippen molar-refractivity contribution in [1.29, 1.82) is 0 Å². The second-order valence-corrected chi connectivity index (χ2v) is 3.38. The van der Waals surface area contributed by atoms with E-state index in [1.54, 1.807) is 6.20 Å². The molecule has 0 aliphatic carbocycles. The molecule has 0 fully saturated rings. The van der Waals surface area contributed by atoms with Gasteiger partial charge in [-0.1, -0.05) is 13.8 Å². The number of imidazole rings is 1. The zero-order valence-electron chi connectivity index (χ0n) is 8.11. The van der Waals surface area contributed by atoms with Crippen LogP contribution in [0.4, 0.5) is 0 Å². The van der Waals surface area contributed by atoms with E-state index in [1.165, 1.54) is 0 Å². The van der Waals surface area contributed by atoms with Gasteiger partial charge in [0.05, 0.1) is 0 Å². The molecule has 0 atom stereocenters. The summed E-state index contributed by atoms with van der Waals surface area (Å²) in [5, 5.41) is 8.59. The summed E-state index contributed by atoms with van der Waals surface area (Å²) in [6.45, 7) is 4.11. The maximum absolute atomic E-state index is 10.4. The Kier molecular flexibility index (Phi) is 2.70. The Hall–Kier alpha value is -1.32. The van der Waals surface area contributed by atoms with Gasteiger partial charge < -0.3 is 9.67 Å². The molecule has 0 aliphatic rings. The maximum Gasteiger partial charge on any atom is 0.311 e. The lowest BCUT2D eigenvalue weighted by Crippen LogP contribution is -2.08. The molecule has 0 amide bonds. The van der Waals surface area contributed by atoms with Crippen molar-refractivity contribution in [2.24, 2.45) is 7.05 Å². The van der Waals surface area contributed by atoms with Crippen molar-refractivity contribution in [3.05, 3.63) is 17.7 Å². The minimum atomic E-state index is -0.844. The summed E-state index contributed by atoms with van der Waals surface area (Å²) in [5.41, 5.74) is 1.07. The first kappa shape index (κ1) is 9.77. The van der Waals surface area contributed by atoms with Crippen molar-refractivity contribution in [3.8, 4) is 0 Å². The van der Waals surface area contributed by atoms with Crippen LogP contribution in [0.5, 0.6) is 0 Å². The highest BCUT2D eigenvalue weighted by Crippen LogP contribution is 2.14. The molecular weight excluding hydrogens is 168 g/mol. The molecule has 13 heavy (non-hydrogen) atoms. The second kappa shape index (κ2) is 3.60. The lowest BCUT2D eigenvalue weighted by Gasteiger charge is -2.06. The van der Waals surface area contributed by atoms with E-state index in [4.69, 9.17) is 5.11 Å². The van der Waals surface area contributed by atoms with Crippen LogP contribution in [0.15, 0.2) is 6.20 Å². The Morgan fingerprint density at radius 2 is 2.31 bits per heavy atom. The third-order valence-electron chi connectivity index (χ3n) is 2.02. The van der Waals surface area contributed by atoms with Gasteiger partial charge in [-0.05, 0) is 5.92 Å². The molecule has 0 saturated heterocycles. The minimum Gasteiger partial charge on any atom is -0.481 e. The van der Waals surface area contributed by atoms with Gasteiger partial charge in [0.25, 0.3) is 0 Å². The van der Waals surface area contributed by atoms with Crippen molar-refractivity contribution < 1.29 is 9.90 Å². The van der Waals surface area contributed by atoms with Crippen LogP contribution in [0.3, 0.4) is 0 Å². The number of carboxylic acids is 1. The number of aliphatic carboxylic acids is 1. The van der Waals surface area contributed by atoms with E-state index < -0.39 is 5.97 Å². The van der Waals surface area contributed by atoms with Gasteiger partial charge in [-0.3, -0.25) is 4.79 Å². The first-order valence-corrected chi connectivity index (χ1v) is 4.24. The van der Waals surface area contributed by atoms with Crippen LogP contribution in [0, 0.1) is 0 Å². The lowest BCUT2D eigenvalue weighted by atomic mass is 10.1. The predicted octanol–water partition coefficient (Wildman–Crippen LogP) is 1.17. The van der Waals surface area contributed by atoms with Crippen LogP contribution in [0.25, 0.3) is 0 Å². The molecule has 4 nitrogen and oxygen atoms in total. The van der Waals surface area contributed by atoms with Crippen LogP contribution in [-0.4, -0.2) is 20.6 Å². The fourth-order valence-corrected chi connectivity index (χ4v) is 1.30. The van der Waals surface area contributed by atoms with Crippen molar-refractivity contribution in [2.45, 2.75) is 26.2 Å². The molecule has 0 spiro atoms. The van der Waals surface area contributed by atoms with E-state index in [2.05, 4.69) is 18.8 Å². The van der Waals surface area contributed by atoms with E-state index in [9.17, 15) is 4.79 Å². The number of aromatic nitrogens is 2. The Morgan fingerprint density at radius 1 is 1.69 bits per heavy atom. The number of hydrogen-bond acceptors (Lipinski definition) is 2. The zero-order chi connectivity index (χ0) is 10.0. The molecular formula is C9H14N2O2. The van der Waals surface area contributed by atoms with Gasteiger partial charge in [-0.25, -0.2) is 4.98 Å². The van der Waals surface area contributed by atoms with Gasteiger partial charge in [0, 0.05) is 18.9 Å². The lowest BCUT2D eigenvalue weighted by molar-refractivity contribution is -0.136. The highest BCUT2D eigenvalue weighted by molar-refractivity contribution is 5.69. The quantitative estimate of drug-likeness (QED) is 0.763. The van der Waals surface area contributed by atoms with Crippen LogP contribution in [-0.2, 0) is 18.3 Å². The normalized spacial score (nSPS) is 10.8. The number of rotatable bonds is 3. The van der Waals surface area contributed by atoms with Gasteiger partial charge in [0.15, 0.2) is 0 Å². The first-order chi connectivity index (χ1) is 6.02. The summed E-state index contributed by atoms with van der Waals surface area (Å²) >= 11 is 0. The fourth-order valence-electron chi connectivity index (χ4n) is 1.30. The molecule has 1 aromatic rings. The largest absolute Gasteiger partial charge is 0.481 e. The van der Waals surface area contributed by atoms with Gasteiger partial charge in [0.1, 0.15) is 12.2 Å². The van der Waals surface area contributed by atoms with Crippen LogP contribution >= 0.6 is 0 Å². The number of hydrogen-bond donors (Lipinski definition) is 1. The Bertz CT molecular complexity index is 315. The number of nitrogens with zero attached hydrogens (tertiary/aromatic N) is 2. The van der Waals surface area contributed by atoms with Gasteiger partial charge in [-0.15, -0.1) is 0 Å². The van der Waals surface area contributed by atoms with E-state index in [-0.39, 0.29) is 6.42 Å². The average Bonchev–Trinajstić information content (AvgIpc) is 2.32. The molecule has 1 N–H and O–H groups in total. The molecule has 0 saturated carbocycles. The molecule has 0 bridgehead atoms. The zero-order valence-corrected chi connectivity index (χ0v) is 8.11. The van der Waals surface area contributed by atoms with Gasteiger partial charge in [0.2, 0.25) is 0 Å². The number of carbonyl (C=O) groups is 1. The van der Waals surface area contributed by atoms with E-state index in [1.807, 2.05) is 11.6 Å². The Labute approximate surface area is 77.2 Å². The second-order valence-electron chi connectivity index (χ2n) is 3.38. The molecule has 1 aromatic heterocycles. The highest BCUT2D eigenvalue weighted by Gasteiger charge is 2.11. The first-order valence-electron chi connectivity index (χ1n) is 4.24. The van der Waals surface area contributed by atoms with Crippen molar-refractivity contribution in [1.82, 2.24) is 9.55 Å². The molecule has 0 aromatic carbocycles. The van der Waals surface area contributed by atoms with Crippen molar-refractivity contribution in [3.63, 3.8) is 0 Å². The van der Waals surface area contributed by atoms with Crippen LogP contribution in [0.2, 0.25) is 0 Å². The third-order valence-corrected chi connectivity index (χ3v) is 2.02. The SMILES string of the molecule is CC(C)c1cnc(CC(=O)O)n1C. The summed E-state index contributed by atoms with van der Waals surface area (Å²) in [5.74, 6) is 0.139.